The summed E-state index contributed by atoms with van der Waals surface area (Å²) < 4.78 is 1.01. The molecule has 0 aliphatic carbocycles. The number of benzene rings is 2. The van der Waals surface area contributed by atoms with Crippen LogP contribution in [0.15, 0.2) is 53.0 Å². The van der Waals surface area contributed by atoms with Gasteiger partial charge in [-0.2, -0.15) is 0 Å². The zero-order chi connectivity index (χ0) is 14.7. The van der Waals surface area contributed by atoms with Crippen LogP contribution in [-0.4, -0.2) is 24.0 Å². The first kappa shape index (κ1) is 14.9. The molecule has 3 rings (SSSR count). The van der Waals surface area contributed by atoms with E-state index in [0.29, 0.717) is 6.04 Å². The zero-order valence-electron chi connectivity index (χ0n) is 11.7. The normalized spacial score (nSPS) is 18.9. The van der Waals surface area contributed by atoms with Crippen molar-refractivity contribution in [3.63, 3.8) is 0 Å². The molecule has 4 heteroatoms. The van der Waals surface area contributed by atoms with E-state index >= 15 is 0 Å². The molecule has 0 radical (unpaired) electrons. The molecule has 0 amide bonds. The Morgan fingerprint density at radius 1 is 1.19 bits per heavy atom. The van der Waals surface area contributed by atoms with Gasteiger partial charge in [-0.25, -0.2) is 0 Å². The van der Waals surface area contributed by atoms with E-state index in [2.05, 4.69) is 62.5 Å². The Morgan fingerprint density at radius 3 is 2.76 bits per heavy atom. The topological polar surface area (TPSA) is 15.3 Å². The Balaban J connectivity index is 1.57. The van der Waals surface area contributed by atoms with Crippen molar-refractivity contribution < 1.29 is 0 Å². The number of rotatable bonds is 4. The molecule has 1 atom stereocenters. The Bertz CT molecular complexity index is 583. The lowest BCUT2D eigenvalue weighted by Gasteiger charge is -2.17. The Labute approximate surface area is 139 Å². The minimum absolute atomic E-state index is 0.485. The molecule has 2 nitrogen and oxygen atoms in total. The van der Waals surface area contributed by atoms with Crippen LogP contribution in [0, 0.1) is 0 Å². The van der Waals surface area contributed by atoms with Gasteiger partial charge < -0.3 is 5.32 Å². The Kier molecular flexibility index (Phi) is 4.84. The molecule has 1 aliphatic rings. The van der Waals surface area contributed by atoms with Gasteiger partial charge in [0.2, 0.25) is 0 Å². The third-order valence-electron chi connectivity index (χ3n) is 3.75. The van der Waals surface area contributed by atoms with Gasteiger partial charge in [0.25, 0.3) is 0 Å². The highest BCUT2D eigenvalue weighted by Crippen LogP contribution is 2.25. The van der Waals surface area contributed by atoms with E-state index < -0.39 is 0 Å². The molecule has 21 heavy (non-hydrogen) atoms. The Morgan fingerprint density at radius 2 is 2.00 bits per heavy atom. The second-order valence-electron chi connectivity index (χ2n) is 5.51. The SMILES string of the molecule is Clc1cc(Br)cc(NC2CCN(Cc3ccccc3)C2)c1. The maximum absolute atomic E-state index is 6.09. The van der Waals surface area contributed by atoms with E-state index in [1.807, 2.05) is 12.1 Å². The van der Waals surface area contributed by atoms with Gasteiger partial charge in [0.1, 0.15) is 0 Å². The van der Waals surface area contributed by atoms with Crippen LogP contribution in [0.5, 0.6) is 0 Å². The minimum atomic E-state index is 0.485. The number of likely N-dealkylation sites (tertiary alicyclic amines) is 1. The van der Waals surface area contributed by atoms with Gasteiger partial charge in [0.15, 0.2) is 0 Å². The number of hydrogen-bond donors (Lipinski definition) is 1. The maximum atomic E-state index is 6.09. The van der Waals surface area contributed by atoms with Crippen molar-refractivity contribution in [3.8, 4) is 0 Å². The van der Waals surface area contributed by atoms with Gasteiger partial charge in [-0.1, -0.05) is 57.9 Å². The van der Waals surface area contributed by atoms with Crippen LogP contribution in [0.25, 0.3) is 0 Å². The second-order valence-corrected chi connectivity index (χ2v) is 6.86. The minimum Gasteiger partial charge on any atom is -0.381 e. The fraction of sp³-hybridized carbons (Fsp3) is 0.294. The van der Waals surface area contributed by atoms with E-state index in [4.69, 9.17) is 11.6 Å². The Hall–Kier alpha value is -1.03. The zero-order valence-corrected chi connectivity index (χ0v) is 14.1. The van der Waals surface area contributed by atoms with Gasteiger partial charge in [-0.3, -0.25) is 4.90 Å². The summed E-state index contributed by atoms with van der Waals surface area (Å²) in [5, 5.41) is 4.34. The smallest absolute Gasteiger partial charge is 0.0437 e. The summed E-state index contributed by atoms with van der Waals surface area (Å²) >= 11 is 9.57. The fourth-order valence-corrected chi connectivity index (χ4v) is 3.67. The predicted octanol–water partition coefficient (Wildman–Crippen LogP) is 4.79. The average Bonchev–Trinajstić information content (AvgIpc) is 2.86. The van der Waals surface area contributed by atoms with Crippen LogP contribution in [0.3, 0.4) is 0 Å². The molecule has 0 spiro atoms. The predicted molar refractivity (Wildman–Crippen MR) is 92.9 cm³/mol. The van der Waals surface area contributed by atoms with E-state index in [1.165, 1.54) is 5.56 Å². The summed E-state index contributed by atoms with van der Waals surface area (Å²) in [5.41, 5.74) is 2.46. The van der Waals surface area contributed by atoms with Gasteiger partial charge in [0.05, 0.1) is 0 Å². The molecule has 110 valence electrons. The monoisotopic (exact) mass is 364 g/mol. The van der Waals surface area contributed by atoms with E-state index in [9.17, 15) is 0 Å². The summed E-state index contributed by atoms with van der Waals surface area (Å²) in [7, 11) is 0. The summed E-state index contributed by atoms with van der Waals surface area (Å²) in [6, 6.07) is 17.1. The molecule has 1 saturated heterocycles. The van der Waals surface area contributed by atoms with Crippen molar-refractivity contribution in [2.45, 2.75) is 19.0 Å². The van der Waals surface area contributed by atoms with E-state index in [1.54, 1.807) is 0 Å². The lowest BCUT2D eigenvalue weighted by Crippen LogP contribution is -2.25. The molecule has 1 aliphatic heterocycles. The second kappa shape index (κ2) is 6.82. The first-order valence-electron chi connectivity index (χ1n) is 7.18. The van der Waals surface area contributed by atoms with Crippen molar-refractivity contribution in [1.29, 1.82) is 0 Å². The highest BCUT2D eigenvalue weighted by Gasteiger charge is 2.22. The van der Waals surface area contributed by atoms with E-state index in [-0.39, 0.29) is 0 Å². The molecular formula is C17H18BrClN2. The maximum Gasteiger partial charge on any atom is 0.0437 e. The summed E-state index contributed by atoms with van der Waals surface area (Å²) in [5.74, 6) is 0. The van der Waals surface area contributed by atoms with Crippen LogP contribution < -0.4 is 5.32 Å². The number of nitrogens with one attached hydrogen (secondary N) is 1. The summed E-state index contributed by atoms with van der Waals surface area (Å²) in [4.78, 5) is 2.49. The first-order valence-corrected chi connectivity index (χ1v) is 8.35. The standard InChI is InChI=1S/C17H18BrClN2/c18-14-8-15(19)10-17(9-14)20-16-6-7-21(12-16)11-13-4-2-1-3-5-13/h1-5,8-10,16,20H,6-7,11-12H2. The average molecular weight is 366 g/mol. The molecule has 1 heterocycles. The van der Waals surface area contributed by atoms with Crippen molar-refractivity contribution >= 4 is 33.2 Å². The summed E-state index contributed by atoms with van der Waals surface area (Å²) in [6.45, 7) is 3.23. The van der Waals surface area contributed by atoms with Crippen LogP contribution in [0.1, 0.15) is 12.0 Å². The number of hydrogen-bond acceptors (Lipinski definition) is 2. The first-order chi connectivity index (χ1) is 10.2. The van der Waals surface area contributed by atoms with Gasteiger partial charge in [-0.15, -0.1) is 0 Å². The van der Waals surface area contributed by atoms with Crippen LogP contribution >= 0.6 is 27.5 Å². The van der Waals surface area contributed by atoms with Gasteiger partial charge in [0, 0.05) is 40.9 Å². The van der Waals surface area contributed by atoms with Gasteiger partial charge in [-0.05, 0) is 30.2 Å². The van der Waals surface area contributed by atoms with E-state index in [0.717, 1.165) is 41.2 Å². The van der Waals surface area contributed by atoms with Crippen molar-refractivity contribution in [3.05, 3.63) is 63.6 Å². The molecule has 0 aromatic heterocycles. The highest BCUT2D eigenvalue weighted by molar-refractivity contribution is 9.10. The summed E-state index contributed by atoms with van der Waals surface area (Å²) in [6.07, 6.45) is 1.16. The molecule has 0 bridgehead atoms. The molecule has 1 fully saturated rings. The molecule has 1 unspecified atom stereocenters. The van der Waals surface area contributed by atoms with Crippen molar-refractivity contribution in [2.75, 3.05) is 18.4 Å². The molecule has 2 aromatic carbocycles. The highest BCUT2D eigenvalue weighted by atomic mass is 79.9. The fourth-order valence-electron chi connectivity index (χ4n) is 2.81. The van der Waals surface area contributed by atoms with Crippen molar-refractivity contribution in [2.24, 2.45) is 0 Å². The molecular weight excluding hydrogens is 348 g/mol. The number of anilines is 1. The van der Waals surface area contributed by atoms with Crippen LogP contribution in [0.2, 0.25) is 5.02 Å². The largest absolute Gasteiger partial charge is 0.381 e. The van der Waals surface area contributed by atoms with Crippen molar-refractivity contribution in [1.82, 2.24) is 4.90 Å². The molecule has 2 aromatic rings. The van der Waals surface area contributed by atoms with Crippen LogP contribution in [0.4, 0.5) is 5.69 Å². The van der Waals surface area contributed by atoms with Crippen LogP contribution in [-0.2, 0) is 6.54 Å². The lowest BCUT2D eigenvalue weighted by molar-refractivity contribution is 0.328. The third kappa shape index (κ3) is 4.22. The third-order valence-corrected chi connectivity index (χ3v) is 4.43. The number of halogens is 2. The lowest BCUT2D eigenvalue weighted by atomic mass is 10.2. The molecule has 0 saturated carbocycles. The quantitative estimate of drug-likeness (QED) is 0.838. The van der Waals surface area contributed by atoms with Gasteiger partial charge >= 0.3 is 0 Å². The number of nitrogens with zero attached hydrogens (tertiary/aromatic N) is 1. The molecule has 1 N–H and O–H groups in total.